The zero-order valence-electron chi connectivity index (χ0n) is 11.2. The van der Waals surface area contributed by atoms with E-state index in [-0.39, 0.29) is 5.91 Å². The van der Waals surface area contributed by atoms with Gasteiger partial charge in [0.2, 0.25) is 11.8 Å². The van der Waals surface area contributed by atoms with Gasteiger partial charge in [-0.1, -0.05) is 0 Å². The number of carbonyl (C=O) groups is 2. The molecule has 2 heterocycles. The lowest BCUT2D eigenvalue weighted by atomic mass is 10.1. The predicted octanol–water partition coefficient (Wildman–Crippen LogP) is -1.06. The van der Waals surface area contributed by atoms with E-state index < -0.39 is 11.9 Å². The monoisotopic (exact) mass is 265 g/mol. The Bertz CT molecular complexity index is 484. The molecule has 7 heteroatoms. The number of primary amides is 1. The van der Waals surface area contributed by atoms with Crippen LogP contribution in [0.4, 0.5) is 0 Å². The zero-order chi connectivity index (χ0) is 14.0. The first-order valence-corrected chi connectivity index (χ1v) is 6.24. The highest BCUT2D eigenvalue weighted by molar-refractivity contribution is 5.86. The number of rotatable bonds is 3. The van der Waals surface area contributed by atoms with Gasteiger partial charge in [0, 0.05) is 46.0 Å². The summed E-state index contributed by atoms with van der Waals surface area (Å²) in [5, 5.41) is 0. The first kappa shape index (κ1) is 13.5. The van der Waals surface area contributed by atoms with Gasteiger partial charge in [-0.05, 0) is 0 Å². The molecule has 1 saturated heterocycles. The largest absolute Gasteiger partial charge is 0.368 e. The van der Waals surface area contributed by atoms with E-state index in [1.165, 1.54) is 11.8 Å². The quantitative estimate of drug-likeness (QED) is 0.755. The lowest BCUT2D eigenvalue weighted by molar-refractivity contribution is -0.141. The molecule has 1 aromatic heterocycles. The molecule has 19 heavy (non-hydrogen) atoms. The molecule has 0 bridgehead atoms. The first-order valence-electron chi connectivity index (χ1n) is 6.24. The van der Waals surface area contributed by atoms with E-state index in [2.05, 4.69) is 9.88 Å². The summed E-state index contributed by atoms with van der Waals surface area (Å²) in [6.45, 7) is 3.81. The smallest absolute Gasteiger partial charge is 0.241 e. The van der Waals surface area contributed by atoms with E-state index in [1.807, 2.05) is 17.8 Å². The second-order valence-corrected chi connectivity index (χ2v) is 4.82. The average Bonchev–Trinajstić information content (AvgIpc) is 2.74. The van der Waals surface area contributed by atoms with Crippen molar-refractivity contribution >= 4 is 11.8 Å². The van der Waals surface area contributed by atoms with Gasteiger partial charge < -0.3 is 15.2 Å². The van der Waals surface area contributed by atoms with Crippen LogP contribution >= 0.6 is 0 Å². The van der Waals surface area contributed by atoms with E-state index in [0.29, 0.717) is 19.6 Å². The third-order valence-electron chi connectivity index (χ3n) is 3.48. The Balaban J connectivity index is 2.05. The van der Waals surface area contributed by atoms with Crippen LogP contribution in [0.25, 0.3) is 0 Å². The van der Waals surface area contributed by atoms with Crippen LogP contribution in [0.1, 0.15) is 12.7 Å². The number of piperazine rings is 1. The third-order valence-corrected chi connectivity index (χ3v) is 3.48. The van der Waals surface area contributed by atoms with Gasteiger partial charge in [0.25, 0.3) is 0 Å². The fraction of sp³-hybridized carbons (Fsp3) is 0.583. The summed E-state index contributed by atoms with van der Waals surface area (Å²) in [7, 11) is 1.93. The van der Waals surface area contributed by atoms with Gasteiger partial charge in [-0.3, -0.25) is 14.5 Å². The number of aromatic nitrogens is 2. The van der Waals surface area contributed by atoms with Crippen molar-refractivity contribution in [1.29, 1.82) is 0 Å². The average molecular weight is 265 g/mol. The Kier molecular flexibility index (Phi) is 3.84. The van der Waals surface area contributed by atoms with Gasteiger partial charge in [0.1, 0.15) is 11.9 Å². The molecule has 1 aliphatic heterocycles. The molecule has 2 amide bonds. The van der Waals surface area contributed by atoms with Gasteiger partial charge in [0.15, 0.2) is 0 Å². The molecule has 1 atom stereocenters. The molecular formula is C12H19N5O2. The van der Waals surface area contributed by atoms with Gasteiger partial charge >= 0.3 is 0 Å². The number of nitrogens with zero attached hydrogens (tertiary/aromatic N) is 4. The van der Waals surface area contributed by atoms with Crippen molar-refractivity contribution in [2.24, 2.45) is 12.8 Å². The van der Waals surface area contributed by atoms with Crippen LogP contribution < -0.4 is 5.73 Å². The molecule has 2 rings (SSSR count). The molecule has 0 aliphatic carbocycles. The number of hydrogen-bond donors (Lipinski definition) is 1. The Labute approximate surface area is 112 Å². The predicted molar refractivity (Wildman–Crippen MR) is 68.9 cm³/mol. The van der Waals surface area contributed by atoms with Crippen molar-refractivity contribution < 1.29 is 9.59 Å². The molecule has 7 nitrogen and oxygen atoms in total. The van der Waals surface area contributed by atoms with Crippen molar-refractivity contribution in [3.63, 3.8) is 0 Å². The van der Waals surface area contributed by atoms with Gasteiger partial charge in [-0.25, -0.2) is 4.98 Å². The van der Waals surface area contributed by atoms with E-state index in [0.717, 1.165) is 12.4 Å². The number of aryl methyl sites for hydroxylation is 1. The summed E-state index contributed by atoms with van der Waals surface area (Å²) >= 11 is 0. The standard InChI is InChI=1S/C12H19N5O2/c1-9(18)17-6-5-16(7-10(17)12(13)19)8-11-14-3-4-15(11)2/h3-4,10H,5-8H2,1-2H3,(H2,13,19)/t10-/m0/s1. The van der Waals surface area contributed by atoms with Crippen LogP contribution in [-0.2, 0) is 23.2 Å². The maximum absolute atomic E-state index is 11.5. The second kappa shape index (κ2) is 5.40. The molecule has 0 radical (unpaired) electrons. The number of amides is 2. The van der Waals surface area contributed by atoms with E-state index in [9.17, 15) is 9.59 Å². The Morgan fingerprint density at radius 3 is 2.74 bits per heavy atom. The summed E-state index contributed by atoms with van der Waals surface area (Å²) in [5.41, 5.74) is 5.38. The molecule has 0 aromatic carbocycles. The molecular weight excluding hydrogens is 246 g/mol. The highest BCUT2D eigenvalue weighted by atomic mass is 16.2. The zero-order valence-corrected chi connectivity index (χ0v) is 11.2. The van der Waals surface area contributed by atoms with Crippen molar-refractivity contribution in [3.05, 3.63) is 18.2 Å². The Morgan fingerprint density at radius 1 is 1.47 bits per heavy atom. The Hall–Kier alpha value is -1.89. The van der Waals surface area contributed by atoms with E-state index in [1.54, 1.807) is 6.20 Å². The van der Waals surface area contributed by atoms with Crippen molar-refractivity contribution in [2.75, 3.05) is 19.6 Å². The van der Waals surface area contributed by atoms with Crippen molar-refractivity contribution in [1.82, 2.24) is 19.4 Å². The third kappa shape index (κ3) is 2.93. The minimum atomic E-state index is -0.550. The number of nitrogens with two attached hydrogens (primary N) is 1. The maximum Gasteiger partial charge on any atom is 0.241 e. The van der Waals surface area contributed by atoms with Gasteiger partial charge in [0.05, 0.1) is 6.54 Å². The summed E-state index contributed by atoms with van der Waals surface area (Å²) in [6, 6.07) is -0.550. The SMILES string of the molecule is CC(=O)N1CCN(Cc2nccn2C)C[C@H]1C(N)=O. The summed E-state index contributed by atoms with van der Waals surface area (Å²) in [5.74, 6) is 0.361. The fourth-order valence-electron chi connectivity index (χ4n) is 2.35. The highest BCUT2D eigenvalue weighted by Gasteiger charge is 2.32. The fourth-order valence-corrected chi connectivity index (χ4v) is 2.35. The van der Waals surface area contributed by atoms with Gasteiger partial charge in [-0.2, -0.15) is 0 Å². The second-order valence-electron chi connectivity index (χ2n) is 4.82. The van der Waals surface area contributed by atoms with E-state index >= 15 is 0 Å². The normalized spacial score (nSPS) is 20.5. The maximum atomic E-state index is 11.5. The summed E-state index contributed by atoms with van der Waals surface area (Å²) in [4.78, 5) is 30.8. The van der Waals surface area contributed by atoms with Crippen LogP contribution in [0.15, 0.2) is 12.4 Å². The minimum Gasteiger partial charge on any atom is -0.368 e. The lowest BCUT2D eigenvalue weighted by Crippen LogP contribution is -2.59. The van der Waals surface area contributed by atoms with Gasteiger partial charge in [-0.15, -0.1) is 0 Å². The molecule has 1 aromatic rings. The molecule has 0 unspecified atom stereocenters. The molecule has 0 spiro atoms. The number of hydrogen-bond acceptors (Lipinski definition) is 4. The molecule has 0 saturated carbocycles. The van der Waals surface area contributed by atoms with Crippen LogP contribution in [0.5, 0.6) is 0 Å². The summed E-state index contributed by atoms with van der Waals surface area (Å²) in [6.07, 6.45) is 3.62. The number of carbonyl (C=O) groups excluding carboxylic acids is 2. The molecule has 104 valence electrons. The van der Waals surface area contributed by atoms with E-state index in [4.69, 9.17) is 5.73 Å². The summed E-state index contributed by atoms with van der Waals surface area (Å²) < 4.78 is 1.94. The lowest BCUT2D eigenvalue weighted by Gasteiger charge is -2.39. The highest BCUT2D eigenvalue weighted by Crippen LogP contribution is 2.12. The van der Waals surface area contributed by atoms with Crippen molar-refractivity contribution in [2.45, 2.75) is 19.5 Å². The minimum absolute atomic E-state index is 0.111. The first-order chi connectivity index (χ1) is 8.99. The topological polar surface area (TPSA) is 84.5 Å². The van der Waals surface area contributed by atoms with Crippen molar-refractivity contribution in [3.8, 4) is 0 Å². The molecule has 2 N–H and O–H groups in total. The van der Waals surface area contributed by atoms with Crippen LogP contribution in [-0.4, -0.2) is 56.8 Å². The molecule has 1 aliphatic rings. The number of imidazole rings is 1. The molecule has 1 fully saturated rings. The van der Waals surface area contributed by atoms with Crippen LogP contribution in [0, 0.1) is 0 Å². The Morgan fingerprint density at radius 2 is 2.21 bits per heavy atom. The van der Waals surface area contributed by atoms with Crippen LogP contribution in [0.3, 0.4) is 0 Å². The van der Waals surface area contributed by atoms with Crippen LogP contribution in [0.2, 0.25) is 0 Å².